The highest BCUT2D eigenvalue weighted by Gasteiger charge is 2.45. The summed E-state index contributed by atoms with van der Waals surface area (Å²) in [5.41, 5.74) is 1.59. The van der Waals surface area contributed by atoms with Crippen molar-refractivity contribution in [2.24, 2.45) is 5.92 Å². The Morgan fingerprint density at radius 2 is 1.74 bits per heavy atom. The summed E-state index contributed by atoms with van der Waals surface area (Å²) in [6.45, 7) is 6.85. The highest BCUT2D eigenvalue weighted by Crippen LogP contribution is 2.51. The highest BCUT2D eigenvalue weighted by atomic mass is 35.5. The van der Waals surface area contributed by atoms with Crippen LogP contribution in [-0.4, -0.2) is 12.7 Å². The van der Waals surface area contributed by atoms with Crippen molar-refractivity contribution in [1.82, 2.24) is 0 Å². The molecule has 3 heteroatoms. The molecule has 0 N–H and O–H groups in total. The quantitative estimate of drug-likeness (QED) is 0.531. The molecule has 0 saturated heterocycles. The highest BCUT2D eigenvalue weighted by molar-refractivity contribution is 6.42. The molecule has 1 aliphatic carbocycles. The normalized spacial score (nSPS) is 29.5. The first kappa shape index (κ1) is 19.1. The molecular formula is C20H30Cl2O. The first-order valence-corrected chi connectivity index (χ1v) is 9.67. The standard InChI is InChI=1S/C20H30Cl2O/c1-5-7-15(6-2)20(12-10-19(3,23-4)11-13-20)16-8-9-17(21)18(22)14-16/h8-9,14-15H,5-7,10-13H2,1-4H3/t15-,19-,20-/m1/s1. The van der Waals surface area contributed by atoms with Crippen molar-refractivity contribution in [1.29, 1.82) is 0 Å². The van der Waals surface area contributed by atoms with Gasteiger partial charge in [0.15, 0.2) is 0 Å². The maximum atomic E-state index is 6.35. The van der Waals surface area contributed by atoms with Crippen LogP contribution in [0.25, 0.3) is 0 Å². The van der Waals surface area contributed by atoms with Crippen LogP contribution in [-0.2, 0) is 10.2 Å². The van der Waals surface area contributed by atoms with Gasteiger partial charge in [0.05, 0.1) is 15.6 Å². The van der Waals surface area contributed by atoms with Crippen LogP contribution in [0.1, 0.15) is 71.3 Å². The van der Waals surface area contributed by atoms with E-state index in [1.165, 1.54) is 24.8 Å². The van der Waals surface area contributed by atoms with Gasteiger partial charge in [-0.1, -0.05) is 56.0 Å². The molecular weight excluding hydrogens is 327 g/mol. The van der Waals surface area contributed by atoms with Gasteiger partial charge < -0.3 is 4.74 Å². The predicted octanol–water partition coefficient (Wildman–Crippen LogP) is 7.04. The van der Waals surface area contributed by atoms with Crippen LogP contribution in [0.4, 0.5) is 0 Å². The van der Waals surface area contributed by atoms with E-state index >= 15 is 0 Å². The van der Waals surface area contributed by atoms with Gasteiger partial charge >= 0.3 is 0 Å². The van der Waals surface area contributed by atoms with Crippen molar-refractivity contribution in [2.75, 3.05) is 7.11 Å². The summed E-state index contributed by atoms with van der Waals surface area (Å²) < 4.78 is 5.78. The van der Waals surface area contributed by atoms with Crippen LogP contribution >= 0.6 is 23.2 Å². The van der Waals surface area contributed by atoms with E-state index in [2.05, 4.69) is 32.9 Å². The summed E-state index contributed by atoms with van der Waals surface area (Å²) in [5.74, 6) is 0.686. The Labute approximate surface area is 151 Å². The Morgan fingerprint density at radius 3 is 2.22 bits per heavy atom. The molecule has 23 heavy (non-hydrogen) atoms. The molecule has 0 amide bonds. The van der Waals surface area contributed by atoms with Gasteiger partial charge in [-0.3, -0.25) is 0 Å². The Hall–Kier alpha value is -0.240. The van der Waals surface area contributed by atoms with Crippen LogP contribution in [0.5, 0.6) is 0 Å². The molecule has 1 saturated carbocycles. The second-order valence-corrected chi connectivity index (χ2v) is 8.15. The number of hydrogen-bond donors (Lipinski definition) is 0. The van der Waals surface area contributed by atoms with Crippen LogP contribution in [0, 0.1) is 5.92 Å². The number of ether oxygens (including phenoxy) is 1. The first-order valence-electron chi connectivity index (χ1n) is 8.91. The Bertz CT molecular complexity index is 518. The predicted molar refractivity (Wildman–Crippen MR) is 101 cm³/mol. The smallest absolute Gasteiger partial charge is 0.0651 e. The van der Waals surface area contributed by atoms with E-state index < -0.39 is 0 Å². The van der Waals surface area contributed by atoms with E-state index in [9.17, 15) is 0 Å². The second-order valence-electron chi connectivity index (χ2n) is 7.33. The lowest BCUT2D eigenvalue weighted by Gasteiger charge is -2.49. The van der Waals surface area contributed by atoms with E-state index in [4.69, 9.17) is 27.9 Å². The number of halogens is 2. The van der Waals surface area contributed by atoms with Crippen molar-refractivity contribution >= 4 is 23.2 Å². The molecule has 130 valence electrons. The van der Waals surface area contributed by atoms with Crippen LogP contribution < -0.4 is 0 Å². The Balaban J connectivity index is 2.41. The topological polar surface area (TPSA) is 9.23 Å². The zero-order valence-corrected chi connectivity index (χ0v) is 16.4. The molecule has 1 aromatic carbocycles. The van der Waals surface area contributed by atoms with Gasteiger partial charge in [0, 0.05) is 7.11 Å². The summed E-state index contributed by atoms with van der Waals surface area (Å²) in [6, 6.07) is 6.27. The summed E-state index contributed by atoms with van der Waals surface area (Å²) >= 11 is 12.5. The fourth-order valence-corrected chi connectivity index (χ4v) is 4.69. The average molecular weight is 357 g/mol. The summed E-state index contributed by atoms with van der Waals surface area (Å²) in [4.78, 5) is 0. The molecule has 1 fully saturated rings. The fourth-order valence-electron chi connectivity index (χ4n) is 4.39. The minimum absolute atomic E-state index is 0.0181. The number of hydrogen-bond acceptors (Lipinski definition) is 1. The SMILES string of the molecule is CCC[C@@H](CC)[C@]1(c2ccc(Cl)c(Cl)c2)CC[C@](C)(OC)CC1. The van der Waals surface area contributed by atoms with Gasteiger partial charge in [-0.05, 0) is 68.1 Å². The summed E-state index contributed by atoms with van der Waals surface area (Å²) in [5, 5.41) is 1.32. The number of methoxy groups -OCH3 is 1. The van der Waals surface area contributed by atoms with Crippen molar-refractivity contribution in [3.8, 4) is 0 Å². The maximum Gasteiger partial charge on any atom is 0.0651 e. The van der Waals surface area contributed by atoms with E-state index in [1.807, 2.05) is 13.2 Å². The first-order chi connectivity index (χ1) is 10.9. The maximum absolute atomic E-state index is 6.35. The largest absolute Gasteiger partial charge is 0.379 e. The molecule has 0 aromatic heterocycles. The lowest BCUT2D eigenvalue weighted by atomic mass is 9.58. The van der Waals surface area contributed by atoms with Crippen molar-refractivity contribution in [3.63, 3.8) is 0 Å². The van der Waals surface area contributed by atoms with Gasteiger partial charge in [0.1, 0.15) is 0 Å². The van der Waals surface area contributed by atoms with Gasteiger partial charge in [0.25, 0.3) is 0 Å². The molecule has 1 nitrogen and oxygen atoms in total. The van der Waals surface area contributed by atoms with Gasteiger partial charge in [-0.25, -0.2) is 0 Å². The molecule has 1 aliphatic rings. The van der Waals surface area contributed by atoms with E-state index in [0.29, 0.717) is 16.0 Å². The van der Waals surface area contributed by atoms with E-state index in [-0.39, 0.29) is 11.0 Å². The third-order valence-corrected chi connectivity index (χ3v) is 6.84. The number of rotatable bonds is 6. The van der Waals surface area contributed by atoms with Crippen LogP contribution in [0.3, 0.4) is 0 Å². The molecule has 0 unspecified atom stereocenters. The van der Waals surface area contributed by atoms with Crippen molar-refractivity contribution in [3.05, 3.63) is 33.8 Å². The lowest BCUT2D eigenvalue weighted by molar-refractivity contribution is -0.0488. The molecule has 0 radical (unpaired) electrons. The summed E-state index contributed by atoms with van der Waals surface area (Å²) in [7, 11) is 1.84. The van der Waals surface area contributed by atoms with Gasteiger partial charge in [-0.2, -0.15) is 0 Å². The zero-order valence-electron chi connectivity index (χ0n) is 14.9. The van der Waals surface area contributed by atoms with E-state index in [0.717, 1.165) is 25.7 Å². The molecule has 0 heterocycles. The minimum atomic E-state index is 0.0181. The number of benzene rings is 1. The van der Waals surface area contributed by atoms with Gasteiger partial charge in [0.2, 0.25) is 0 Å². The summed E-state index contributed by atoms with van der Waals surface area (Å²) in [6.07, 6.45) is 8.22. The molecule has 1 aromatic rings. The van der Waals surface area contributed by atoms with E-state index in [1.54, 1.807) is 0 Å². The van der Waals surface area contributed by atoms with Crippen LogP contribution in [0.15, 0.2) is 18.2 Å². The monoisotopic (exact) mass is 356 g/mol. The third-order valence-electron chi connectivity index (χ3n) is 6.10. The Kier molecular flexibility index (Phi) is 6.44. The fraction of sp³-hybridized carbons (Fsp3) is 0.700. The van der Waals surface area contributed by atoms with Gasteiger partial charge in [-0.15, -0.1) is 0 Å². The van der Waals surface area contributed by atoms with Crippen molar-refractivity contribution < 1.29 is 4.74 Å². The molecule has 0 bridgehead atoms. The Morgan fingerprint density at radius 1 is 1.09 bits per heavy atom. The van der Waals surface area contributed by atoms with Crippen molar-refractivity contribution in [2.45, 2.75) is 76.7 Å². The van der Waals surface area contributed by atoms with Crippen LogP contribution in [0.2, 0.25) is 10.0 Å². The zero-order chi connectivity index (χ0) is 17.1. The second kappa shape index (κ2) is 7.76. The molecule has 1 atom stereocenters. The minimum Gasteiger partial charge on any atom is -0.379 e. The molecule has 2 rings (SSSR count). The lowest BCUT2D eigenvalue weighted by Crippen LogP contribution is -2.45. The molecule has 0 spiro atoms. The third kappa shape index (κ3) is 3.89. The molecule has 0 aliphatic heterocycles. The average Bonchev–Trinajstić information content (AvgIpc) is 2.56.